The third kappa shape index (κ3) is 10.6. The summed E-state index contributed by atoms with van der Waals surface area (Å²) in [5, 5.41) is 0. The van der Waals surface area contributed by atoms with Crippen LogP contribution in [0.5, 0.6) is 0 Å². The van der Waals surface area contributed by atoms with Gasteiger partial charge in [0, 0.05) is 19.8 Å². The van der Waals surface area contributed by atoms with Crippen LogP contribution in [0.15, 0.2) is 11.6 Å². The highest BCUT2D eigenvalue weighted by atomic mass is 17.2. The van der Waals surface area contributed by atoms with Gasteiger partial charge in [-0.2, -0.15) is 0 Å². The highest BCUT2D eigenvalue weighted by molar-refractivity contribution is 5.83. The van der Waals surface area contributed by atoms with E-state index in [-0.39, 0.29) is 18.6 Å². The lowest BCUT2D eigenvalue weighted by molar-refractivity contribution is -0.257. The summed E-state index contributed by atoms with van der Waals surface area (Å²) in [6.07, 6.45) is 3.10. The SMILES string of the molecule is CC(=O)OOC(=O)CCC(=O)CCC=C(C)C. The molecule has 5 heteroatoms. The third-order valence-corrected chi connectivity index (χ3v) is 1.84. The van der Waals surface area contributed by atoms with Crippen LogP contribution < -0.4 is 0 Å². The number of carbonyl (C=O) groups is 3. The third-order valence-electron chi connectivity index (χ3n) is 1.84. The summed E-state index contributed by atoms with van der Waals surface area (Å²) >= 11 is 0. The van der Waals surface area contributed by atoms with Crippen LogP contribution in [-0.4, -0.2) is 17.7 Å². The standard InChI is InChI=1S/C12H18O5/c1-9(2)5-4-6-11(14)7-8-12(15)17-16-10(3)13/h5H,4,6-8H2,1-3H3. The van der Waals surface area contributed by atoms with Gasteiger partial charge in [-0.1, -0.05) is 11.6 Å². The fourth-order valence-corrected chi connectivity index (χ4v) is 1.04. The first-order valence-corrected chi connectivity index (χ1v) is 5.44. The second-order valence-electron chi connectivity index (χ2n) is 3.89. The van der Waals surface area contributed by atoms with Gasteiger partial charge in [0.25, 0.3) is 0 Å². The number of rotatable bonds is 6. The van der Waals surface area contributed by atoms with E-state index in [1.54, 1.807) is 0 Å². The summed E-state index contributed by atoms with van der Waals surface area (Å²) in [5.41, 5.74) is 1.16. The molecule has 0 spiro atoms. The number of carbonyl (C=O) groups excluding carboxylic acids is 3. The molecule has 0 amide bonds. The zero-order valence-electron chi connectivity index (χ0n) is 10.4. The fraction of sp³-hybridized carbons (Fsp3) is 0.583. The number of ketones is 1. The molecule has 0 aromatic carbocycles. The van der Waals surface area contributed by atoms with Gasteiger partial charge in [-0.25, -0.2) is 19.4 Å². The molecule has 0 unspecified atom stereocenters. The first kappa shape index (κ1) is 15.3. The Hall–Kier alpha value is -1.65. The van der Waals surface area contributed by atoms with Crippen molar-refractivity contribution in [1.82, 2.24) is 0 Å². The molecule has 5 nitrogen and oxygen atoms in total. The van der Waals surface area contributed by atoms with E-state index in [0.717, 1.165) is 12.5 Å². The van der Waals surface area contributed by atoms with Gasteiger partial charge in [0.2, 0.25) is 0 Å². The summed E-state index contributed by atoms with van der Waals surface area (Å²) in [6.45, 7) is 5.04. The minimum atomic E-state index is -0.712. The molecular weight excluding hydrogens is 224 g/mol. The number of Topliss-reactive ketones (excluding diaryl/α,β-unsaturated/α-hetero) is 1. The van der Waals surface area contributed by atoms with Crippen molar-refractivity contribution in [3.8, 4) is 0 Å². The summed E-state index contributed by atoms with van der Waals surface area (Å²) in [4.78, 5) is 40.8. The lowest BCUT2D eigenvalue weighted by Crippen LogP contribution is -2.10. The van der Waals surface area contributed by atoms with Crippen LogP contribution in [0.25, 0.3) is 0 Å². The predicted molar refractivity (Wildman–Crippen MR) is 60.8 cm³/mol. The van der Waals surface area contributed by atoms with Gasteiger partial charge in [0.05, 0.1) is 6.42 Å². The van der Waals surface area contributed by atoms with Gasteiger partial charge in [-0.05, 0) is 20.3 Å². The van der Waals surface area contributed by atoms with Gasteiger partial charge in [0.1, 0.15) is 5.78 Å². The Kier molecular flexibility index (Phi) is 7.67. The quantitative estimate of drug-likeness (QED) is 0.405. The first-order chi connectivity index (χ1) is 7.91. The molecule has 0 aliphatic carbocycles. The van der Waals surface area contributed by atoms with E-state index < -0.39 is 11.9 Å². The van der Waals surface area contributed by atoms with Crippen molar-refractivity contribution in [1.29, 1.82) is 0 Å². The summed E-state index contributed by atoms with van der Waals surface area (Å²) in [7, 11) is 0. The molecule has 0 aromatic heterocycles. The molecule has 96 valence electrons. The van der Waals surface area contributed by atoms with E-state index in [1.165, 1.54) is 0 Å². The number of hydrogen-bond donors (Lipinski definition) is 0. The Morgan fingerprint density at radius 1 is 0.941 bits per heavy atom. The summed E-state index contributed by atoms with van der Waals surface area (Å²) < 4.78 is 0. The average Bonchev–Trinajstić information content (AvgIpc) is 2.23. The smallest absolute Gasteiger partial charge is 0.300 e. The highest BCUT2D eigenvalue weighted by Crippen LogP contribution is 2.03. The molecule has 0 radical (unpaired) electrons. The molecule has 0 saturated heterocycles. The maximum absolute atomic E-state index is 11.3. The summed E-state index contributed by atoms with van der Waals surface area (Å²) in [6, 6.07) is 0. The van der Waals surface area contributed by atoms with E-state index in [2.05, 4.69) is 9.78 Å². The molecule has 0 rings (SSSR count). The first-order valence-electron chi connectivity index (χ1n) is 5.44. The van der Waals surface area contributed by atoms with Crippen LogP contribution in [0.3, 0.4) is 0 Å². The normalized spacial score (nSPS) is 9.35. The van der Waals surface area contributed by atoms with E-state index in [0.29, 0.717) is 12.8 Å². The second-order valence-corrected chi connectivity index (χ2v) is 3.89. The van der Waals surface area contributed by atoms with Gasteiger partial charge >= 0.3 is 11.9 Å². The monoisotopic (exact) mass is 242 g/mol. The van der Waals surface area contributed by atoms with E-state index in [1.807, 2.05) is 19.9 Å². The van der Waals surface area contributed by atoms with Crippen molar-refractivity contribution in [2.24, 2.45) is 0 Å². The molecular formula is C12H18O5. The van der Waals surface area contributed by atoms with Gasteiger partial charge in [-0.15, -0.1) is 0 Å². The molecule has 0 aliphatic heterocycles. The number of allylic oxidation sites excluding steroid dienone is 2. The van der Waals surface area contributed by atoms with Crippen LogP contribution in [0.4, 0.5) is 0 Å². The van der Waals surface area contributed by atoms with Crippen LogP contribution in [-0.2, 0) is 24.2 Å². The fourth-order valence-electron chi connectivity index (χ4n) is 1.04. The van der Waals surface area contributed by atoms with Gasteiger partial charge < -0.3 is 0 Å². The topological polar surface area (TPSA) is 69.7 Å². The van der Waals surface area contributed by atoms with E-state index in [9.17, 15) is 14.4 Å². The predicted octanol–water partition coefficient (Wildman–Crippen LogP) is 2.10. The maximum atomic E-state index is 11.3. The molecule has 0 bridgehead atoms. The van der Waals surface area contributed by atoms with Crippen LogP contribution in [0.1, 0.15) is 46.5 Å². The molecule has 0 atom stereocenters. The lowest BCUT2D eigenvalue weighted by atomic mass is 10.1. The summed E-state index contributed by atoms with van der Waals surface area (Å²) in [5.74, 6) is -1.42. The van der Waals surface area contributed by atoms with Crippen LogP contribution in [0.2, 0.25) is 0 Å². The van der Waals surface area contributed by atoms with Crippen molar-refractivity contribution >= 4 is 17.7 Å². The molecule has 0 saturated carbocycles. The Balaban J connectivity index is 3.66. The maximum Gasteiger partial charge on any atom is 0.356 e. The van der Waals surface area contributed by atoms with Crippen molar-refractivity contribution in [3.63, 3.8) is 0 Å². The van der Waals surface area contributed by atoms with Crippen LogP contribution in [0, 0.1) is 0 Å². The van der Waals surface area contributed by atoms with E-state index in [4.69, 9.17) is 0 Å². The Labute approximate surface area is 101 Å². The molecule has 0 heterocycles. The van der Waals surface area contributed by atoms with Crippen molar-refractivity contribution in [2.75, 3.05) is 0 Å². The zero-order valence-corrected chi connectivity index (χ0v) is 10.4. The van der Waals surface area contributed by atoms with Gasteiger partial charge in [-0.3, -0.25) is 4.79 Å². The Bertz CT molecular complexity index is 313. The minimum Gasteiger partial charge on any atom is -0.300 e. The van der Waals surface area contributed by atoms with Crippen molar-refractivity contribution in [2.45, 2.75) is 46.5 Å². The molecule has 0 fully saturated rings. The van der Waals surface area contributed by atoms with Crippen molar-refractivity contribution < 1.29 is 24.2 Å². The molecule has 0 aromatic rings. The molecule has 0 N–H and O–H groups in total. The highest BCUT2D eigenvalue weighted by Gasteiger charge is 2.09. The van der Waals surface area contributed by atoms with E-state index >= 15 is 0 Å². The van der Waals surface area contributed by atoms with Crippen molar-refractivity contribution in [3.05, 3.63) is 11.6 Å². The lowest BCUT2D eigenvalue weighted by Gasteiger charge is -2.00. The zero-order chi connectivity index (χ0) is 13.3. The largest absolute Gasteiger partial charge is 0.356 e. The Morgan fingerprint density at radius 2 is 1.59 bits per heavy atom. The average molecular weight is 242 g/mol. The molecule has 0 aliphatic rings. The number of hydrogen-bond acceptors (Lipinski definition) is 5. The minimum absolute atomic E-state index is 0.0118. The van der Waals surface area contributed by atoms with Gasteiger partial charge in [0.15, 0.2) is 0 Å². The second kappa shape index (κ2) is 8.50. The van der Waals surface area contributed by atoms with Crippen LogP contribution >= 0.6 is 0 Å². The Morgan fingerprint density at radius 3 is 2.12 bits per heavy atom. The molecule has 17 heavy (non-hydrogen) atoms.